The number of carbonyl (C=O) groups excluding carboxylic acids is 1. The molecule has 3 heteroatoms. The van der Waals surface area contributed by atoms with E-state index < -0.39 is 0 Å². The van der Waals surface area contributed by atoms with E-state index in [1.807, 2.05) is 30.3 Å². The smallest absolute Gasteiger partial charge is 0.164 e. The molecule has 1 aromatic carbocycles. The number of para-hydroxylation sites is 1. The topological polar surface area (TPSA) is 38.3 Å². The van der Waals surface area contributed by atoms with Crippen LogP contribution in [-0.2, 0) is 9.63 Å². The van der Waals surface area contributed by atoms with Gasteiger partial charge in [-0.15, -0.1) is 0 Å². The van der Waals surface area contributed by atoms with Crippen LogP contribution in [0.1, 0.15) is 26.2 Å². The molecule has 1 saturated carbocycles. The number of benzene rings is 1. The third-order valence-corrected chi connectivity index (χ3v) is 2.99. The molecule has 1 aliphatic rings. The molecule has 0 saturated heterocycles. The van der Waals surface area contributed by atoms with Gasteiger partial charge in [-0.2, -0.15) is 0 Å². The van der Waals surface area contributed by atoms with Crippen LogP contribution >= 0.6 is 0 Å². The molecule has 3 nitrogen and oxygen atoms in total. The largest absolute Gasteiger partial charge is 0.297 e. The number of hydrogen-bond donors (Lipinski definition) is 1. The van der Waals surface area contributed by atoms with E-state index in [1.54, 1.807) is 0 Å². The van der Waals surface area contributed by atoms with Gasteiger partial charge in [-0.05, 0) is 30.9 Å². The monoisotopic (exact) mass is 219 g/mol. The van der Waals surface area contributed by atoms with E-state index in [2.05, 4.69) is 12.4 Å². The second-order valence-corrected chi connectivity index (χ2v) is 4.34. The zero-order chi connectivity index (χ0) is 11.4. The van der Waals surface area contributed by atoms with Crippen LogP contribution in [0.2, 0.25) is 0 Å². The van der Waals surface area contributed by atoms with Gasteiger partial charge in [0.25, 0.3) is 0 Å². The van der Waals surface area contributed by atoms with E-state index in [1.165, 1.54) is 0 Å². The van der Waals surface area contributed by atoms with Crippen LogP contribution in [0.25, 0.3) is 0 Å². The summed E-state index contributed by atoms with van der Waals surface area (Å²) >= 11 is 0. The highest BCUT2D eigenvalue weighted by molar-refractivity contribution is 5.84. The second-order valence-electron chi connectivity index (χ2n) is 4.34. The molecule has 1 aliphatic carbocycles. The summed E-state index contributed by atoms with van der Waals surface area (Å²) in [5.74, 6) is 0.514. The van der Waals surface area contributed by atoms with Gasteiger partial charge in [0.1, 0.15) is 6.10 Å². The highest BCUT2D eigenvalue weighted by Gasteiger charge is 2.30. The minimum Gasteiger partial charge on any atom is -0.297 e. The average molecular weight is 219 g/mol. The molecule has 0 aliphatic heterocycles. The van der Waals surface area contributed by atoms with Crippen LogP contribution in [0, 0.1) is 5.92 Å². The van der Waals surface area contributed by atoms with Gasteiger partial charge in [0.05, 0.1) is 5.69 Å². The molecule has 1 aromatic rings. The fourth-order valence-corrected chi connectivity index (χ4v) is 2.03. The maximum atomic E-state index is 11.7. The van der Waals surface area contributed by atoms with Crippen molar-refractivity contribution in [3.63, 3.8) is 0 Å². The summed E-state index contributed by atoms with van der Waals surface area (Å²) in [6.07, 6.45) is 2.40. The summed E-state index contributed by atoms with van der Waals surface area (Å²) in [5.41, 5.74) is 3.74. The SMILES string of the molecule is C[C@@H]1CCCC(=O)[C@@H]1ONc1ccccc1. The summed E-state index contributed by atoms with van der Waals surface area (Å²) < 4.78 is 0. The maximum absolute atomic E-state index is 11.7. The zero-order valence-electron chi connectivity index (χ0n) is 9.48. The van der Waals surface area contributed by atoms with Crippen LogP contribution in [0.4, 0.5) is 5.69 Å². The lowest BCUT2D eigenvalue weighted by atomic mass is 9.87. The van der Waals surface area contributed by atoms with Crippen LogP contribution in [0.3, 0.4) is 0 Å². The van der Waals surface area contributed by atoms with Crippen LogP contribution in [0.15, 0.2) is 30.3 Å². The Bertz CT molecular complexity index is 350. The van der Waals surface area contributed by atoms with E-state index >= 15 is 0 Å². The van der Waals surface area contributed by atoms with E-state index in [-0.39, 0.29) is 11.9 Å². The molecule has 0 aromatic heterocycles. The van der Waals surface area contributed by atoms with Gasteiger partial charge in [0, 0.05) is 6.42 Å². The highest BCUT2D eigenvalue weighted by atomic mass is 16.7. The Hall–Kier alpha value is -1.35. The quantitative estimate of drug-likeness (QED) is 0.794. The summed E-state index contributed by atoms with van der Waals surface area (Å²) in [7, 11) is 0. The predicted octanol–water partition coefficient (Wildman–Crippen LogP) is 2.79. The van der Waals surface area contributed by atoms with E-state index in [0.717, 1.165) is 18.5 Å². The average Bonchev–Trinajstić information content (AvgIpc) is 2.30. The first-order valence-corrected chi connectivity index (χ1v) is 5.77. The molecule has 1 fully saturated rings. The molecular weight excluding hydrogens is 202 g/mol. The van der Waals surface area contributed by atoms with Crippen molar-refractivity contribution in [2.45, 2.75) is 32.3 Å². The maximum Gasteiger partial charge on any atom is 0.164 e. The number of ketones is 1. The summed E-state index contributed by atoms with van der Waals surface area (Å²) in [6, 6.07) is 9.63. The molecule has 86 valence electrons. The molecule has 16 heavy (non-hydrogen) atoms. The van der Waals surface area contributed by atoms with Gasteiger partial charge < -0.3 is 0 Å². The third kappa shape index (κ3) is 2.61. The van der Waals surface area contributed by atoms with Crippen LogP contribution < -0.4 is 5.48 Å². The molecule has 0 bridgehead atoms. The number of rotatable bonds is 3. The van der Waals surface area contributed by atoms with E-state index in [0.29, 0.717) is 12.3 Å². The Kier molecular flexibility index (Phi) is 3.57. The summed E-state index contributed by atoms with van der Waals surface area (Å²) in [4.78, 5) is 17.2. The highest BCUT2D eigenvalue weighted by Crippen LogP contribution is 2.24. The Morgan fingerprint density at radius 3 is 2.75 bits per heavy atom. The number of anilines is 1. The van der Waals surface area contributed by atoms with Crippen molar-refractivity contribution in [3.8, 4) is 0 Å². The zero-order valence-corrected chi connectivity index (χ0v) is 9.48. The Morgan fingerprint density at radius 2 is 2.06 bits per heavy atom. The van der Waals surface area contributed by atoms with Gasteiger partial charge in [-0.3, -0.25) is 15.1 Å². The Balaban J connectivity index is 1.91. The van der Waals surface area contributed by atoms with Gasteiger partial charge in [0.15, 0.2) is 5.78 Å². The van der Waals surface area contributed by atoms with Crippen LogP contribution in [0.5, 0.6) is 0 Å². The lowest BCUT2D eigenvalue weighted by Gasteiger charge is -2.27. The molecule has 0 amide bonds. The summed E-state index contributed by atoms with van der Waals surface area (Å²) in [6.45, 7) is 2.06. The minimum atomic E-state index is -0.297. The lowest BCUT2D eigenvalue weighted by molar-refractivity contribution is -0.134. The van der Waals surface area contributed by atoms with Crippen molar-refractivity contribution in [2.75, 3.05) is 5.48 Å². The van der Waals surface area contributed by atoms with E-state index in [4.69, 9.17) is 4.84 Å². The van der Waals surface area contributed by atoms with Crippen molar-refractivity contribution in [3.05, 3.63) is 30.3 Å². The fourth-order valence-electron chi connectivity index (χ4n) is 2.03. The Morgan fingerprint density at radius 1 is 1.31 bits per heavy atom. The van der Waals surface area contributed by atoms with Gasteiger partial charge in [-0.1, -0.05) is 25.1 Å². The normalized spacial score (nSPS) is 25.4. The summed E-state index contributed by atoms with van der Waals surface area (Å²) in [5, 5.41) is 0. The van der Waals surface area contributed by atoms with Gasteiger partial charge in [0.2, 0.25) is 0 Å². The van der Waals surface area contributed by atoms with Crippen molar-refractivity contribution in [1.82, 2.24) is 0 Å². The van der Waals surface area contributed by atoms with Crippen molar-refractivity contribution < 1.29 is 9.63 Å². The number of Topliss-reactive ketones (excluding diaryl/α,β-unsaturated/α-hetero) is 1. The number of carbonyl (C=O) groups is 1. The Labute approximate surface area is 95.8 Å². The third-order valence-electron chi connectivity index (χ3n) is 2.99. The molecule has 0 radical (unpaired) electrons. The fraction of sp³-hybridized carbons (Fsp3) is 0.462. The predicted molar refractivity (Wildman–Crippen MR) is 63.0 cm³/mol. The molecule has 2 rings (SSSR count). The molecule has 0 unspecified atom stereocenters. The molecule has 0 spiro atoms. The van der Waals surface area contributed by atoms with Crippen molar-refractivity contribution >= 4 is 11.5 Å². The van der Waals surface area contributed by atoms with Crippen molar-refractivity contribution in [1.29, 1.82) is 0 Å². The molecule has 2 atom stereocenters. The molecular formula is C13H17NO2. The van der Waals surface area contributed by atoms with Crippen LogP contribution in [-0.4, -0.2) is 11.9 Å². The van der Waals surface area contributed by atoms with Crippen molar-refractivity contribution in [2.24, 2.45) is 5.92 Å². The first-order valence-electron chi connectivity index (χ1n) is 5.77. The molecule has 1 N–H and O–H groups in total. The second kappa shape index (κ2) is 5.12. The molecule has 0 heterocycles. The van der Waals surface area contributed by atoms with E-state index in [9.17, 15) is 4.79 Å². The first kappa shape index (κ1) is 11.1. The number of nitrogens with one attached hydrogen (secondary N) is 1. The lowest BCUT2D eigenvalue weighted by Crippen LogP contribution is -2.36. The van der Waals surface area contributed by atoms with Gasteiger partial charge >= 0.3 is 0 Å². The number of hydrogen-bond acceptors (Lipinski definition) is 3. The minimum absolute atomic E-state index is 0.210. The van der Waals surface area contributed by atoms with Gasteiger partial charge in [-0.25, -0.2) is 0 Å². The standard InChI is InChI=1S/C13H17NO2/c1-10-6-5-9-12(15)13(10)16-14-11-7-3-2-4-8-11/h2-4,7-8,10,13-14H,5-6,9H2,1H3/t10-,13-/m1/s1. The first-order chi connectivity index (χ1) is 7.77.